The molecule has 2 aliphatic rings. The molecule has 1 aliphatic carbocycles. The summed E-state index contributed by atoms with van der Waals surface area (Å²) >= 11 is 0. The Bertz CT molecular complexity index is 1450. The van der Waals surface area contributed by atoms with Crippen LogP contribution in [0.25, 0.3) is 32.9 Å². The van der Waals surface area contributed by atoms with Crippen molar-refractivity contribution in [2.45, 2.75) is 32.4 Å². The number of amides is 2. The van der Waals surface area contributed by atoms with E-state index in [1.54, 1.807) is 6.92 Å². The van der Waals surface area contributed by atoms with Gasteiger partial charge in [0.2, 0.25) is 5.91 Å². The number of carbonyl (C=O) groups excluding carboxylic acids is 2. The van der Waals surface area contributed by atoms with Gasteiger partial charge in [-0.25, -0.2) is 9.97 Å². The molecule has 34 heavy (non-hydrogen) atoms. The SMILES string of the molecule is CC(=O)N1CC(Cn2cc(-c3ccc4c(C(=O)NC5CC5)cccc4c3)c3c(N)ncnc32)C1. The number of carbonyl (C=O) groups is 2. The molecule has 8 heteroatoms. The molecule has 0 atom stereocenters. The van der Waals surface area contributed by atoms with Gasteiger partial charge in [-0.05, 0) is 41.3 Å². The molecule has 1 saturated heterocycles. The van der Waals surface area contributed by atoms with Gasteiger partial charge in [-0.15, -0.1) is 0 Å². The summed E-state index contributed by atoms with van der Waals surface area (Å²) in [5.74, 6) is 0.917. The summed E-state index contributed by atoms with van der Waals surface area (Å²) in [7, 11) is 0. The second kappa shape index (κ2) is 7.83. The molecule has 2 aromatic carbocycles. The van der Waals surface area contributed by atoms with Gasteiger partial charge in [-0.2, -0.15) is 0 Å². The molecule has 0 radical (unpaired) electrons. The number of nitrogens with two attached hydrogens (primary N) is 1. The quantitative estimate of drug-likeness (QED) is 0.482. The van der Waals surface area contributed by atoms with Gasteiger partial charge in [-0.1, -0.05) is 24.3 Å². The Balaban J connectivity index is 1.38. The summed E-state index contributed by atoms with van der Waals surface area (Å²) in [6.45, 7) is 3.88. The first-order chi connectivity index (χ1) is 16.5. The minimum absolute atomic E-state index is 0.0183. The number of aromatic nitrogens is 3. The van der Waals surface area contributed by atoms with E-state index >= 15 is 0 Å². The van der Waals surface area contributed by atoms with E-state index in [0.717, 1.165) is 65.4 Å². The van der Waals surface area contributed by atoms with Crippen LogP contribution in [0, 0.1) is 5.92 Å². The predicted octanol–water partition coefficient (Wildman–Crippen LogP) is 3.20. The molecule has 2 amide bonds. The molecule has 1 aliphatic heterocycles. The van der Waals surface area contributed by atoms with Crippen LogP contribution in [-0.4, -0.2) is 50.4 Å². The number of nitrogen functional groups attached to an aromatic ring is 1. The van der Waals surface area contributed by atoms with Crippen LogP contribution in [0.1, 0.15) is 30.1 Å². The van der Waals surface area contributed by atoms with Gasteiger partial charge < -0.3 is 20.5 Å². The molecule has 3 heterocycles. The Morgan fingerprint density at radius 2 is 1.97 bits per heavy atom. The van der Waals surface area contributed by atoms with Crippen LogP contribution >= 0.6 is 0 Å². The van der Waals surface area contributed by atoms with Crippen molar-refractivity contribution >= 4 is 39.4 Å². The maximum absolute atomic E-state index is 12.7. The number of nitrogens with one attached hydrogen (secondary N) is 1. The number of likely N-dealkylation sites (tertiary alicyclic amines) is 1. The van der Waals surface area contributed by atoms with E-state index in [-0.39, 0.29) is 11.8 Å². The minimum atomic E-state index is -0.0183. The second-order valence-corrected chi connectivity index (χ2v) is 9.43. The summed E-state index contributed by atoms with van der Waals surface area (Å²) in [5, 5.41) is 5.83. The average molecular weight is 455 g/mol. The normalized spacial score (nSPS) is 16.1. The third-order valence-electron chi connectivity index (χ3n) is 6.89. The Kier molecular flexibility index (Phi) is 4.76. The minimum Gasteiger partial charge on any atom is -0.383 e. The van der Waals surface area contributed by atoms with Gasteiger partial charge in [0.1, 0.15) is 17.8 Å². The molecule has 1 saturated carbocycles. The summed E-state index contributed by atoms with van der Waals surface area (Å²) in [4.78, 5) is 34.9. The fourth-order valence-corrected chi connectivity index (χ4v) is 4.87. The summed E-state index contributed by atoms with van der Waals surface area (Å²) < 4.78 is 2.12. The zero-order chi connectivity index (χ0) is 23.4. The van der Waals surface area contributed by atoms with Crippen LogP contribution < -0.4 is 11.1 Å². The molecule has 6 rings (SSSR count). The molecule has 2 aromatic heterocycles. The van der Waals surface area contributed by atoms with Gasteiger partial charge in [0.15, 0.2) is 0 Å². The van der Waals surface area contributed by atoms with E-state index in [9.17, 15) is 9.59 Å². The highest BCUT2D eigenvalue weighted by atomic mass is 16.2. The summed E-state index contributed by atoms with van der Waals surface area (Å²) in [6.07, 6.45) is 5.69. The first-order valence-corrected chi connectivity index (χ1v) is 11.7. The number of nitrogens with zero attached hydrogens (tertiary/aromatic N) is 4. The zero-order valence-corrected chi connectivity index (χ0v) is 19.0. The first-order valence-electron chi connectivity index (χ1n) is 11.7. The largest absolute Gasteiger partial charge is 0.383 e. The number of hydrogen-bond donors (Lipinski definition) is 2. The maximum Gasteiger partial charge on any atom is 0.252 e. The highest BCUT2D eigenvalue weighted by molar-refractivity contribution is 6.09. The lowest BCUT2D eigenvalue weighted by Crippen LogP contribution is -2.50. The number of rotatable bonds is 5. The fourth-order valence-electron chi connectivity index (χ4n) is 4.87. The van der Waals surface area contributed by atoms with E-state index in [4.69, 9.17) is 5.73 Å². The van der Waals surface area contributed by atoms with Crippen molar-refractivity contribution in [2.75, 3.05) is 18.8 Å². The molecule has 3 N–H and O–H groups in total. The lowest BCUT2D eigenvalue weighted by molar-refractivity contribution is -0.135. The highest BCUT2D eigenvalue weighted by Gasteiger charge is 2.30. The van der Waals surface area contributed by atoms with Gasteiger partial charge >= 0.3 is 0 Å². The number of fused-ring (bicyclic) bond motifs is 2. The number of benzene rings is 2. The van der Waals surface area contributed by atoms with E-state index in [2.05, 4.69) is 32.1 Å². The molecule has 0 unspecified atom stereocenters. The Labute approximate surface area is 196 Å². The zero-order valence-electron chi connectivity index (χ0n) is 19.0. The lowest BCUT2D eigenvalue weighted by atomic mass is 9.98. The number of anilines is 1. The first kappa shape index (κ1) is 20.7. The van der Waals surface area contributed by atoms with Crippen molar-refractivity contribution in [3.05, 3.63) is 54.5 Å². The molecule has 0 spiro atoms. The van der Waals surface area contributed by atoms with Crippen molar-refractivity contribution in [1.29, 1.82) is 0 Å². The van der Waals surface area contributed by atoms with E-state index in [0.29, 0.717) is 23.3 Å². The van der Waals surface area contributed by atoms with Gasteiger partial charge in [0.25, 0.3) is 5.91 Å². The predicted molar refractivity (Wildman–Crippen MR) is 131 cm³/mol. The maximum atomic E-state index is 12.7. The van der Waals surface area contributed by atoms with E-state index < -0.39 is 0 Å². The van der Waals surface area contributed by atoms with Crippen LogP contribution in [-0.2, 0) is 11.3 Å². The second-order valence-electron chi connectivity index (χ2n) is 9.43. The molecule has 0 bridgehead atoms. The van der Waals surface area contributed by atoms with Crippen LogP contribution in [0.4, 0.5) is 5.82 Å². The van der Waals surface area contributed by atoms with Crippen LogP contribution in [0.3, 0.4) is 0 Å². The van der Waals surface area contributed by atoms with Crippen molar-refractivity contribution < 1.29 is 9.59 Å². The molecular formula is C26H26N6O2. The molecule has 172 valence electrons. The Morgan fingerprint density at radius 1 is 1.15 bits per heavy atom. The third kappa shape index (κ3) is 3.55. The number of hydrogen-bond acceptors (Lipinski definition) is 5. The van der Waals surface area contributed by atoms with Gasteiger partial charge in [0.05, 0.1) is 5.39 Å². The monoisotopic (exact) mass is 454 g/mol. The Hall–Kier alpha value is -3.94. The summed E-state index contributed by atoms with van der Waals surface area (Å²) in [6, 6.07) is 12.3. The molecule has 2 fully saturated rings. The third-order valence-corrected chi connectivity index (χ3v) is 6.89. The lowest BCUT2D eigenvalue weighted by Gasteiger charge is -2.38. The van der Waals surface area contributed by atoms with Crippen molar-refractivity contribution in [3.63, 3.8) is 0 Å². The van der Waals surface area contributed by atoms with E-state index in [1.807, 2.05) is 35.2 Å². The van der Waals surface area contributed by atoms with Gasteiger partial charge in [0, 0.05) is 55.8 Å². The topological polar surface area (TPSA) is 106 Å². The molecule has 8 nitrogen and oxygen atoms in total. The van der Waals surface area contributed by atoms with Crippen molar-refractivity contribution in [3.8, 4) is 11.1 Å². The van der Waals surface area contributed by atoms with Crippen LogP contribution in [0.15, 0.2) is 48.9 Å². The van der Waals surface area contributed by atoms with Crippen molar-refractivity contribution in [1.82, 2.24) is 24.8 Å². The Morgan fingerprint density at radius 3 is 2.74 bits per heavy atom. The van der Waals surface area contributed by atoms with Crippen LogP contribution in [0.5, 0.6) is 0 Å². The molecular weight excluding hydrogens is 428 g/mol. The summed E-state index contributed by atoms with van der Waals surface area (Å²) in [5.41, 5.74) is 9.75. The average Bonchev–Trinajstić information content (AvgIpc) is 3.53. The van der Waals surface area contributed by atoms with Gasteiger partial charge in [-0.3, -0.25) is 9.59 Å². The van der Waals surface area contributed by atoms with Crippen LogP contribution in [0.2, 0.25) is 0 Å². The standard InChI is InChI=1S/C26H26N6O2/c1-15(33)31-10-16(11-31)12-32-13-22(23-24(27)28-14-29-25(23)32)18-5-8-20-17(9-18)3-2-4-21(20)26(34)30-19-6-7-19/h2-5,8-9,13-14,16,19H,6-7,10-12H2,1H3,(H,30,34)(H2,27,28,29). The molecule has 4 aromatic rings. The fraction of sp³-hybridized carbons (Fsp3) is 0.308. The highest BCUT2D eigenvalue weighted by Crippen LogP contribution is 2.35. The van der Waals surface area contributed by atoms with Crippen molar-refractivity contribution in [2.24, 2.45) is 5.92 Å². The van der Waals surface area contributed by atoms with E-state index in [1.165, 1.54) is 6.33 Å². The smallest absolute Gasteiger partial charge is 0.252 e.